The fourth-order valence-corrected chi connectivity index (χ4v) is 3.31. The number of hydrogen-bond donors (Lipinski definition) is 2. The molecule has 5 nitrogen and oxygen atoms in total. The molecular formula is C22H14N2O3S. The minimum absolute atomic E-state index is 0.101. The average molecular weight is 386 g/mol. The van der Waals surface area contributed by atoms with Crippen LogP contribution in [0.2, 0.25) is 0 Å². The second-order valence-electron chi connectivity index (χ2n) is 6.24. The van der Waals surface area contributed by atoms with E-state index in [1.807, 2.05) is 6.07 Å². The number of rotatable bonds is 2. The molecular weight excluding hydrogens is 372 g/mol. The minimum atomic E-state index is -0.337. The van der Waals surface area contributed by atoms with Gasteiger partial charge in [-0.05, 0) is 42.5 Å². The molecule has 0 atom stereocenters. The van der Waals surface area contributed by atoms with Gasteiger partial charge < -0.3 is 5.32 Å². The molecule has 0 unspecified atom stereocenters. The molecule has 4 rings (SSSR count). The number of fused-ring (bicyclic) bond motifs is 2. The van der Waals surface area contributed by atoms with Gasteiger partial charge in [0, 0.05) is 33.5 Å². The Bertz CT molecular complexity index is 1140. The number of amides is 1. The Labute approximate surface area is 166 Å². The third kappa shape index (κ3) is 3.21. The molecule has 0 spiro atoms. The van der Waals surface area contributed by atoms with Gasteiger partial charge in [-0.15, -0.1) is 0 Å². The summed E-state index contributed by atoms with van der Waals surface area (Å²) in [6.45, 7) is 0. The maximum Gasteiger partial charge on any atom is 0.257 e. The molecule has 0 bridgehead atoms. The minimum Gasteiger partial charge on any atom is -0.332 e. The maximum absolute atomic E-state index is 12.8. The highest BCUT2D eigenvalue weighted by molar-refractivity contribution is 7.80. The van der Waals surface area contributed by atoms with E-state index in [1.54, 1.807) is 66.7 Å². The van der Waals surface area contributed by atoms with Crippen LogP contribution < -0.4 is 10.6 Å². The summed E-state index contributed by atoms with van der Waals surface area (Å²) in [7, 11) is 0. The van der Waals surface area contributed by atoms with E-state index in [-0.39, 0.29) is 22.6 Å². The van der Waals surface area contributed by atoms with Crippen LogP contribution in [0.25, 0.3) is 0 Å². The Morgan fingerprint density at radius 2 is 1.29 bits per heavy atom. The number of nitrogens with one attached hydrogen (secondary N) is 2. The van der Waals surface area contributed by atoms with Crippen LogP contribution in [0.3, 0.4) is 0 Å². The topological polar surface area (TPSA) is 75.3 Å². The number of thiocarbonyl (C=S) groups is 1. The molecule has 0 aliphatic heterocycles. The predicted molar refractivity (Wildman–Crippen MR) is 110 cm³/mol. The molecule has 3 aromatic rings. The van der Waals surface area contributed by atoms with Crippen molar-refractivity contribution in [3.63, 3.8) is 0 Å². The van der Waals surface area contributed by atoms with Crippen molar-refractivity contribution >= 4 is 40.5 Å². The van der Waals surface area contributed by atoms with Gasteiger partial charge in [0.05, 0.1) is 0 Å². The first kappa shape index (κ1) is 17.8. The third-order valence-electron chi connectivity index (χ3n) is 4.45. The highest BCUT2D eigenvalue weighted by Gasteiger charge is 2.29. The molecule has 0 saturated carbocycles. The molecule has 0 saturated heterocycles. The van der Waals surface area contributed by atoms with Crippen molar-refractivity contribution in [2.75, 3.05) is 5.32 Å². The van der Waals surface area contributed by atoms with Crippen LogP contribution in [0, 0.1) is 0 Å². The van der Waals surface area contributed by atoms with Gasteiger partial charge in [0.15, 0.2) is 16.7 Å². The van der Waals surface area contributed by atoms with Gasteiger partial charge in [0.2, 0.25) is 0 Å². The van der Waals surface area contributed by atoms with Gasteiger partial charge in [-0.2, -0.15) is 0 Å². The Hall–Kier alpha value is -3.64. The molecule has 2 N–H and O–H groups in total. The van der Waals surface area contributed by atoms with E-state index < -0.39 is 0 Å². The summed E-state index contributed by atoms with van der Waals surface area (Å²) in [6, 6.07) is 20.3. The van der Waals surface area contributed by atoms with Gasteiger partial charge in [-0.25, -0.2) is 0 Å². The Balaban J connectivity index is 1.55. The first-order valence-electron chi connectivity index (χ1n) is 8.54. The quantitative estimate of drug-likeness (QED) is 0.515. The van der Waals surface area contributed by atoms with Crippen LogP contribution in [0.4, 0.5) is 5.69 Å². The lowest BCUT2D eigenvalue weighted by molar-refractivity contribution is 0.0976. The van der Waals surface area contributed by atoms with E-state index in [0.717, 1.165) is 0 Å². The molecule has 3 aromatic carbocycles. The molecule has 136 valence electrons. The summed E-state index contributed by atoms with van der Waals surface area (Å²) >= 11 is 5.19. The van der Waals surface area contributed by atoms with E-state index >= 15 is 0 Å². The van der Waals surface area contributed by atoms with Crippen LogP contribution in [0.1, 0.15) is 42.2 Å². The van der Waals surface area contributed by atoms with Gasteiger partial charge in [-0.1, -0.05) is 42.5 Å². The lowest BCUT2D eigenvalue weighted by atomic mass is 9.84. The molecule has 0 fully saturated rings. The highest BCUT2D eigenvalue weighted by atomic mass is 32.1. The molecule has 0 heterocycles. The summed E-state index contributed by atoms with van der Waals surface area (Å²) in [5.74, 6) is -0.735. The van der Waals surface area contributed by atoms with Crippen molar-refractivity contribution in [1.82, 2.24) is 5.32 Å². The zero-order valence-electron chi connectivity index (χ0n) is 14.6. The highest BCUT2D eigenvalue weighted by Crippen LogP contribution is 2.29. The van der Waals surface area contributed by atoms with E-state index in [9.17, 15) is 14.4 Å². The number of carbonyl (C=O) groups excluding carboxylic acids is 3. The molecule has 1 aliphatic carbocycles. The Kier molecular flexibility index (Phi) is 4.55. The number of anilines is 1. The summed E-state index contributed by atoms with van der Waals surface area (Å²) < 4.78 is 0. The summed E-state index contributed by atoms with van der Waals surface area (Å²) in [5.41, 5.74) is 2.45. The zero-order valence-corrected chi connectivity index (χ0v) is 15.4. The predicted octanol–water partition coefficient (Wildman–Crippen LogP) is 3.59. The van der Waals surface area contributed by atoms with Crippen LogP contribution in [0.15, 0.2) is 72.8 Å². The van der Waals surface area contributed by atoms with Crippen LogP contribution >= 0.6 is 12.2 Å². The van der Waals surface area contributed by atoms with Crippen molar-refractivity contribution in [2.45, 2.75) is 0 Å². The standard InChI is InChI=1S/C22H14N2O3S/c25-19-15-8-4-5-9-16(15)20(26)18-12-14(10-11-17(18)19)23-22(28)24-21(27)13-6-2-1-3-7-13/h1-12H,(H2,23,24,27,28). The van der Waals surface area contributed by atoms with Gasteiger partial charge >= 0.3 is 0 Å². The second-order valence-corrected chi connectivity index (χ2v) is 6.65. The maximum atomic E-state index is 12.8. The number of carbonyl (C=O) groups is 3. The molecule has 1 amide bonds. The van der Waals surface area contributed by atoms with E-state index in [2.05, 4.69) is 10.6 Å². The van der Waals surface area contributed by atoms with E-state index in [1.165, 1.54) is 0 Å². The van der Waals surface area contributed by atoms with Gasteiger partial charge in [-0.3, -0.25) is 19.7 Å². The largest absolute Gasteiger partial charge is 0.332 e. The number of ketones is 2. The summed E-state index contributed by atoms with van der Waals surface area (Å²) in [5, 5.41) is 5.58. The monoisotopic (exact) mass is 386 g/mol. The SMILES string of the molecule is O=C(NC(=S)Nc1ccc2c(c1)C(=O)c1ccccc1C2=O)c1ccccc1. The molecule has 6 heteroatoms. The normalized spacial score (nSPS) is 12.0. The third-order valence-corrected chi connectivity index (χ3v) is 4.65. The Morgan fingerprint density at radius 3 is 1.96 bits per heavy atom. The summed E-state index contributed by atoms with van der Waals surface area (Å²) in [6.07, 6.45) is 0. The zero-order chi connectivity index (χ0) is 19.7. The fraction of sp³-hybridized carbons (Fsp3) is 0. The van der Waals surface area contributed by atoms with Crippen LogP contribution in [-0.2, 0) is 0 Å². The number of hydrogen-bond acceptors (Lipinski definition) is 4. The lowest BCUT2D eigenvalue weighted by Crippen LogP contribution is -2.34. The molecule has 0 radical (unpaired) electrons. The molecule has 0 aromatic heterocycles. The first-order chi connectivity index (χ1) is 13.5. The van der Waals surface area contributed by atoms with Gasteiger partial charge in [0.1, 0.15) is 0 Å². The lowest BCUT2D eigenvalue weighted by Gasteiger charge is -2.18. The van der Waals surface area contributed by atoms with Crippen molar-refractivity contribution in [2.24, 2.45) is 0 Å². The van der Waals surface area contributed by atoms with E-state index in [0.29, 0.717) is 33.5 Å². The summed E-state index contributed by atoms with van der Waals surface area (Å²) in [4.78, 5) is 37.6. The van der Waals surface area contributed by atoms with Crippen molar-refractivity contribution < 1.29 is 14.4 Å². The Morgan fingerprint density at radius 1 is 0.714 bits per heavy atom. The smallest absolute Gasteiger partial charge is 0.257 e. The van der Waals surface area contributed by atoms with E-state index in [4.69, 9.17) is 12.2 Å². The second kappa shape index (κ2) is 7.17. The van der Waals surface area contributed by atoms with Crippen LogP contribution in [0.5, 0.6) is 0 Å². The van der Waals surface area contributed by atoms with Crippen LogP contribution in [-0.4, -0.2) is 22.6 Å². The van der Waals surface area contributed by atoms with Gasteiger partial charge in [0.25, 0.3) is 5.91 Å². The average Bonchev–Trinajstić information content (AvgIpc) is 2.72. The number of benzene rings is 3. The fourth-order valence-electron chi connectivity index (χ4n) is 3.10. The van der Waals surface area contributed by atoms with Crippen molar-refractivity contribution in [3.8, 4) is 0 Å². The first-order valence-corrected chi connectivity index (χ1v) is 8.95. The molecule has 28 heavy (non-hydrogen) atoms. The van der Waals surface area contributed by atoms with Crippen molar-refractivity contribution in [3.05, 3.63) is 101 Å². The molecule has 1 aliphatic rings. The van der Waals surface area contributed by atoms with Crippen molar-refractivity contribution in [1.29, 1.82) is 0 Å².